The van der Waals surface area contributed by atoms with Gasteiger partial charge in [-0.3, -0.25) is 0 Å². The van der Waals surface area contributed by atoms with Crippen LogP contribution in [0.5, 0.6) is 0 Å². The fourth-order valence-corrected chi connectivity index (χ4v) is 4.50. The number of amides is 4. The Bertz CT molecular complexity index is 525. The molecule has 0 saturated carbocycles. The minimum atomic E-state index is 0.148. The van der Waals surface area contributed by atoms with Crippen LogP contribution in [0.15, 0.2) is 0 Å². The zero-order valence-electron chi connectivity index (χ0n) is 18.1. The second-order valence-corrected chi connectivity index (χ2v) is 9.20. The molecule has 0 aromatic carbocycles. The van der Waals surface area contributed by atoms with Gasteiger partial charge >= 0.3 is 12.1 Å². The molecule has 0 aromatic heterocycles. The number of piperidine rings is 2. The summed E-state index contributed by atoms with van der Waals surface area (Å²) in [6.07, 6.45) is 5.55. The minimum Gasteiger partial charge on any atom is -0.328 e. The van der Waals surface area contributed by atoms with E-state index in [4.69, 9.17) is 22.9 Å². The van der Waals surface area contributed by atoms with Gasteiger partial charge in [-0.15, -0.1) is 0 Å². The molecule has 0 spiro atoms. The molecule has 8 N–H and O–H groups in total. The SMILES string of the molecule is NC1CCN(C(=O)N2CC[C@@H](N)C2)CC1.NC1CCN(C(=O)N2CC[C@@H](N)C2)CC1. The van der Waals surface area contributed by atoms with Crippen molar-refractivity contribution in [3.8, 4) is 0 Å². The Morgan fingerprint density at radius 2 is 0.733 bits per heavy atom. The van der Waals surface area contributed by atoms with Crippen molar-refractivity contribution in [3.63, 3.8) is 0 Å². The second kappa shape index (κ2) is 10.6. The summed E-state index contributed by atoms with van der Waals surface area (Å²) >= 11 is 0. The number of likely N-dealkylation sites (tertiary alicyclic amines) is 4. The van der Waals surface area contributed by atoms with E-state index in [2.05, 4.69) is 0 Å². The number of urea groups is 2. The molecule has 4 fully saturated rings. The smallest absolute Gasteiger partial charge is 0.320 e. The Morgan fingerprint density at radius 1 is 0.467 bits per heavy atom. The Balaban J connectivity index is 0.000000171. The number of carbonyl (C=O) groups is 2. The predicted molar refractivity (Wildman–Crippen MR) is 117 cm³/mol. The maximum atomic E-state index is 12.0. The van der Waals surface area contributed by atoms with Gasteiger partial charge < -0.3 is 42.5 Å². The van der Waals surface area contributed by atoms with Crippen LogP contribution in [-0.4, -0.2) is 108 Å². The summed E-state index contributed by atoms with van der Waals surface area (Å²) in [6.45, 7) is 6.23. The lowest BCUT2D eigenvalue weighted by Crippen LogP contribution is -2.48. The van der Waals surface area contributed by atoms with Crippen LogP contribution in [0.4, 0.5) is 9.59 Å². The van der Waals surface area contributed by atoms with Crippen LogP contribution in [0.2, 0.25) is 0 Å². The molecule has 10 nitrogen and oxygen atoms in total. The zero-order chi connectivity index (χ0) is 21.7. The lowest BCUT2D eigenvalue weighted by atomic mass is 10.1. The fourth-order valence-electron chi connectivity index (χ4n) is 4.50. The molecule has 0 radical (unpaired) electrons. The van der Waals surface area contributed by atoms with Gasteiger partial charge in [0.2, 0.25) is 0 Å². The summed E-state index contributed by atoms with van der Waals surface area (Å²) in [4.78, 5) is 31.5. The van der Waals surface area contributed by atoms with Crippen LogP contribution in [0, 0.1) is 0 Å². The topological polar surface area (TPSA) is 151 Å². The largest absolute Gasteiger partial charge is 0.328 e. The predicted octanol–water partition coefficient (Wildman–Crippen LogP) is -0.875. The quantitative estimate of drug-likeness (QED) is 0.397. The van der Waals surface area contributed by atoms with E-state index in [1.54, 1.807) is 0 Å². The van der Waals surface area contributed by atoms with E-state index in [9.17, 15) is 9.59 Å². The first-order valence-electron chi connectivity index (χ1n) is 11.4. The van der Waals surface area contributed by atoms with Crippen molar-refractivity contribution < 1.29 is 9.59 Å². The highest BCUT2D eigenvalue weighted by atomic mass is 16.2. The number of hydrogen-bond acceptors (Lipinski definition) is 6. The monoisotopic (exact) mass is 424 g/mol. The van der Waals surface area contributed by atoms with Gasteiger partial charge in [0.1, 0.15) is 0 Å². The lowest BCUT2D eigenvalue weighted by molar-refractivity contribution is 0.148. The van der Waals surface area contributed by atoms with E-state index >= 15 is 0 Å². The van der Waals surface area contributed by atoms with Gasteiger partial charge in [-0.1, -0.05) is 0 Å². The summed E-state index contributed by atoms with van der Waals surface area (Å²) in [6, 6.07) is 1.18. The van der Waals surface area contributed by atoms with Crippen molar-refractivity contribution in [3.05, 3.63) is 0 Å². The summed E-state index contributed by atoms with van der Waals surface area (Å²) in [7, 11) is 0. The third-order valence-corrected chi connectivity index (χ3v) is 6.61. The highest BCUT2D eigenvalue weighted by Gasteiger charge is 2.30. The average molecular weight is 425 g/mol. The van der Waals surface area contributed by atoms with Crippen molar-refractivity contribution in [2.45, 2.75) is 62.7 Å². The van der Waals surface area contributed by atoms with Crippen LogP contribution in [-0.2, 0) is 0 Å². The number of hydrogen-bond donors (Lipinski definition) is 4. The van der Waals surface area contributed by atoms with E-state index in [0.29, 0.717) is 13.1 Å². The maximum absolute atomic E-state index is 12.0. The fraction of sp³-hybridized carbons (Fsp3) is 0.900. The Kier molecular flexibility index (Phi) is 8.15. The van der Waals surface area contributed by atoms with Gasteiger partial charge in [-0.05, 0) is 38.5 Å². The number of nitrogens with two attached hydrogens (primary N) is 4. The highest BCUT2D eigenvalue weighted by molar-refractivity contribution is 5.75. The van der Waals surface area contributed by atoms with Gasteiger partial charge in [-0.2, -0.15) is 0 Å². The zero-order valence-corrected chi connectivity index (χ0v) is 18.1. The molecule has 0 aliphatic carbocycles. The van der Waals surface area contributed by atoms with Crippen molar-refractivity contribution in [2.75, 3.05) is 52.4 Å². The summed E-state index contributed by atoms with van der Waals surface area (Å²) in [5, 5.41) is 0. The standard InChI is InChI=1S/2C10H20N4O/c2*11-8-1-4-13(5-2-8)10(15)14-6-3-9(12)7-14/h2*8-9H,1-7,11-12H2/t2*9-/m11/s1. The number of rotatable bonds is 0. The van der Waals surface area contributed by atoms with Crippen molar-refractivity contribution in [1.82, 2.24) is 19.6 Å². The van der Waals surface area contributed by atoms with Crippen molar-refractivity contribution >= 4 is 12.1 Å². The lowest BCUT2D eigenvalue weighted by Gasteiger charge is -2.33. The summed E-state index contributed by atoms with van der Waals surface area (Å²) < 4.78 is 0. The minimum absolute atomic E-state index is 0.148. The average Bonchev–Trinajstić information content (AvgIpc) is 3.37. The van der Waals surface area contributed by atoms with E-state index < -0.39 is 0 Å². The second-order valence-electron chi connectivity index (χ2n) is 9.20. The van der Waals surface area contributed by atoms with Gasteiger partial charge in [-0.25, -0.2) is 9.59 Å². The van der Waals surface area contributed by atoms with Crippen LogP contribution in [0.25, 0.3) is 0 Å². The molecule has 4 aliphatic heterocycles. The molecule has 4 amide bonds. The van der Waals surface area contributed by atoms with Gasteiger partial charge in [0.15, 0.2) is 0 Å². The van der Waals surface area contributed by atoms with Crippen LogP contribution < -0.4 is 22.9 Å². The molecule has 4 saturated heterocycles. The molecular weight excluding hydrogens is 384 g/mol. The van der Waals surface area contributed by atoms with E-state index in [1.807, 2.05) is 19.6 Å². The molecular formula is C20H40N8O2. The van der Waals surface area contributed by atoms with Crippen LogP contribution in [0.3, 0.4) is 0 Å². The van der Waals surface area contributed by atoms with Gasteiger partial charge in [0.05, 0.1) is 0 Å². The third kappa shape index (κ3) is 6.19. The summed E-state index contributed by atoms with van der Waals surface area (Å²) in [5.41, 5.74) is 23.2. The highest BCUT2D eigenvalue weighted by Crippen LogP contribution is 2.15. The first-order chi connectivity index (χ1) is 14.3. The number of carbonyl (C=O) groups excluding carboxylic acids is 2. The maximum Gasteiger partial charge on any atom is 0.320 e. The number of nitrogens with zero attached hydrogens (tertiary/aromatic N) is 4. The first-order valence-corrected chi connectivity index (χ1v) is 11.4. The Labute approximate surface area is 179 Å². The Morgan fingerprint density at radius 3 is 1.00 bits per heavy atom. The third-order valence-electron chi connectivity index (χ3n) is 6.61. The van der Waals surface area contributed by atoms with Gasteiger partial charge in [0.25, 0.3) is 0 Å². The summed E-state index contributed by atoms with van der Waals surface area (Å²) in [5.74, 6) is 0. The molecule has 4 rings (SSSR count). The van der Waals surface area contributed by atoms with Crippen LogP contribution in [0.1, 0.15) is 38.5 Å². The Hall–Kier alpha value is -1.62. The van der Waals surface area contributed by atoms with Crippen molar-refractivity contribution in [1.29, 1.82) is 0 Å². The molecule has 10 heteroatoms. The molecule has 2 atom stereocenters. The molecule has 0 aromatic rings. The molecule has 172 valence electrons. The molecule has 30 heavy (non-hydrogen) atoms. The van der Waals surface area contributed by atoms with E-state index in [-0.39, 0.29) is 36.2 Å². The van der Waals surface area contributed by atoms with Crippen LogP contribution >= 0.6 is 0 Å². The molecule has 0 bridgehead atoms. The molecule has 0 unspecified atom stereocenters. The van der Waals surface area contributed by atoms with E-state index in [1.165, 1.54) is 0 Å². The van der Waals surface area contributed by atoms with E-state index in [0.717, 1.165) is 77.8 Å². The normalized spacial score (nSPS) is 28.5. The van der Waals surface area contributed by atoms with Gasteiger partial charge in [0, 0.05) is 76.5 Å². The first kappa shape index (κ1) is 23.1. The van der Waals surface area contributed by atoms with Crippen molar-refractivity contribution in [2.24, 2.45) is 22.9 Å². The molecule has 4 heterocycles. The molecule has 4 aliphatic rings.